The van der Waals surface area contributed by atoms with Gasteiger partial charge in [0.05, 0.1) is 5.69 Å². The molecule has 13 heavy (non-hydrogen) atoms. The lowest BCUT2D eigenvalue weighted by atomic mass is 10.3. The van der Waals surface area contributed by atoms with E-state index in [2.05, 4.69) is 16.2 Å². The zero-order valence-corrected chi connectivity index (χ0v) is 8.67. The normalized spacial score (nSPS) is 9.08. The van der Waals surface area contributed by atoms with E-state index in [9.17, 15) is 0 Å². The van der Waals surface area contributed by atoms with Crippen molar-refractivity contribution in [3.05, 3.63) is 29.3 Å². The molecular formula is C8H10ClN3S. The summed E-state index contributed by atoms with van der Waals surface area (Å²) < 4.78 is 0. The minimum absolute atomic E-state index is 0.528. The van der Waals surface area contributed by atoms with Gasteiger partial charge in [0.1, 0.15) is 0 Å². The summed E-state index contributed by atoms with van der Waals surface area (Å²) in [5, 5.41) is 3.98. The summed E-state index contributed by atoms with van der Waals surface area (Å²) in [7, 11) is 1.75. The topological polar surface area (TPSA) is 36.1 Å². The van der Waals surface area contributed by atoms with Crippen molar-refractivity contribution in [3.63, 3.8) is 0 Å². The Labute approximate surface area is 87.4 Å². The van der Waals surface area contributed by atoms with Crippen LogP contribution in [0.15, 0.2) is 24.3 Å². The van der Waals surface area contributed by atoms with Gasteiger partial charge in [-0.3, -0.25) is 10.9 Å². The largest absolute Gasteiger partial charge is 0.364 e. The van der Waals surface area contributed by atoms with Crippen LogP contribution in [-0.2, 0) is 0 Å². The van der Waals surface area contributed by atoms with Crippen molar-refractivity contribution < 1.29 is 0 Å². The van der Waals surface area contributed by atoms with Crippen molar-refractivity contribution in [3.8, 4) is 0 Å². The first kappa shape index (κ1) is 10.1. The smallest absolute Gasteiger partial charge is 0.184 e. The third kappa shape index (κ3) is 3.48. The van der Waals surface area contributed by atoms with Crippen molar-refractivity contribution in [1.82, 2.24) is 10.7 Å². The predicted octanol–water partition coefficient (Wildman–Crippen LogP) is 1.76. The number of nitrogens with one attached hydrogen (secondary N) is 3. The molecule has 1 aromatic carbocycles. The first-order valence-corrected chi connectivity index (χ1v) is 4.50. The maximum Gasteiger partial charge on any atom is 0.184 e. The number of halogens is 1. The zero-order chi connectivity index (χ0) is 9.68. The van der Waals surface area contributed by atoms with E-state index in [1.807, 2.05) is 18.2 Å². The second kappa shape index (κ2) is 4.89. The molecule has 0 fully saturated rings. The van der Waals surface area contributed by atoms with Crippen molar-refractivity contribution in [1.29, 1.82) is 0 Å². The van der Waals surface area contributed by atoms with Crippen LogP contribution in [0.25, 0.3) is 0 Å². The molecule has 0 atom stereocenters. The first-order chi connectivity index (χ1) is 6.22. The molecule has 0 bridgehead atoms. The molecule has 1 aromatic rings. The number of hydrogen-bond acceptors (Lipinski definition) is 2. The molecule has 0 radical (unpaired) electrons. The van der Waals surface area contributed by atoms with Crippen LogP contribution in [0.1, 0.15) is 0 Å². The molecule has 0 saturated carbocycles. The monoisotopic (exact) mass is 215 g/mol. The summed E-state index contributed by atoms with van der Waals surface area (Å²) >= 11 is 10.6. The second-order valence-corrected chi connectivity index (χ2v) is 3.18. The molecule has 0 saturated heterocycles. The van der Waals surface area contributed by atoms with Crippen molar-refractivity contribution >= 4 is 34.6 Å². The number of hydrogen-bond donors (Lipinski definition) is 3. The van der Waals surface area contributed by atoms with Gasteiger partial charge in [-0.05, 0) is 30.4 Å². The van der Waals surface area contributed by atoms with Gasteiger partial charge < -0.3 is 5.32 Å². The molecule has 0 unspecified atom stereocenters. The molecule has 0 spiro atoms. The molecule has 0 heterocycles. The Kier molecular flexibility index (Phi) is 3.79. The molecule has 5 heteroatoms. The van der Waals surface area contributed by atoms with Crippen LogP contribution in [0.5, 0.6) is 0 Å². The van der Waals surface area contributed by atoms with Gasteiger partial charge >= 0.3 is 0 Å². The molecule has 3 N–H and O–H groups in total. The Bertz CT molecular complexity index is 303. The van der Waals surface area contributed by atoms with Crippen molar-refractivity contribution in [2.45, 2.75) is 0 Å². The van der Waals surface area contributed by atoms with E-state index < -0.39 is 0 Å². The van der Waals surface area contributed by atoms with Gasteiger partial charge in [0, 0.05) is 12.1 Å². The van der Waals surface area contributed by atoms with E-state index in [-0.39, 0.29) is 0 Å². The van der Waals surface area contributed by atoms with E-state index >= 15 is 0 Å². The van der Waals surface area contributed by atoms with E-state index in [1.54, 1.807) is 13.1 Å². The molecule has 0 amide bonds. The number of rotatable bonds is 2. The van der Waals surface area contributed by atoms with E-state index in [4.69, 9.17) is 23.8 Å². The van der Waals surface area contributed by atoms with E-state index in [0.29, 0.717) is 10.1 Å². The third-order valence-corrected chi connectivity index (χ3v) is 1.91. The highest BCUT2D eigenvalue weighted by Gasteiger charge is 1.92. The molecule has 0 aromatic heterocycles. The SMILES string of the molecule is CNC(=S)NNc1cccc(Cl)c1. The summed E-state index contributed by atoms with van der Waals surface area (Å²) in [6.45, 7) is 0. The maximum atomic E-state index is 5.78. The Hall–Kier alpha value is -1.00. The summed E-state index contributed by atoms with van der Waals surface area (Å²) in [5.74, 6) is 0. The molecule has 3 nitrogen and oxygen atoms in total. The Morgan fingerprint density at radius 1 is 1.46 bits per heavy atom. The van der Waals surface area contributed by atoms with Gasteiger partial charge in [-0.1, -0.05) is 17.7 Å². The Morgan fingerprint density at radius 2 is 2.23 bits per heavy atom. The predicted molar refractivity (Wildman–Crippen MR) is 59.9 cm³/mol. The van der Waals surface area contributed by atoms with Crippen LogP contribution >= 0.6 is 23.8 Å². The third-order valence-electron chi connectivity index (χ3n) is 1.37. The molecule has 70 valence electrons. The fourth-order valence-corrected chi connectivity index (χ4v) is 0.999. The summed E-state index contributed by atoms with van der Waals surface area (Å²) in [4.78, 5) is 0. The fraction of sp³-hybridized carbons (Fsp3) is 0.125. The lowest BCUT2D eigenvalue weighted by Crippen LogP contribution is -2.36. The standard InChI is InChI=1S/C8H10ClN3S/c1-10-8(13)12-11-7-4-2-3-6(9)5-7/h2-5,11H,1H3,(H2,10,12,13). The highest BCUT2D eigenvalue weighted by Crippen LogP contribution is 2.13. The van der Waals surface area contributed by atoms with Gasteiger partial charge in [-0.2, -0.15) is 0 Å². The number of benzene rings is 1. The number of thiocarbonyl (C=S) groups is 1. The molecular weight excluding hydrogens is 206 g/mol. The highest BCUT2D eigenvalue weighted by molar-refractivity contribution is 7.80. The van der Waals surface area contributed by atoms with Gasteiger partial charge in [0.15, 0.2) is 5.11 Å². The fourth-order valence-electron chi connectivity index (χ4n) is 0.758. The van der Waals surface area contributed by atoms with Crippen LogP contribution in [0.4, 0.5) is 5.69 Å². The summed E-state index contributed by atoms with van der Waals surface area (Å²) in [6, 6.07) is 7.35. The van der Waals surface area contributed by atoms with Crippen molar-refractivity contribution in [2.24, 2.45) is 0 Å². The second-order valence-electron chi connectivity index (χ2n) is 2.34. The summed E-state index contributed by atoms with van der Waals surface area (Å²) in [5.41, 5.74) is 6.55. The molecule has 0 aliphatic heterocycles. The molecule has 0 aliphatic carbocycles. The highest BCUT2D eigenvalue weighted by atomic mass is 35.5. The Morgan fingerprint density at radius 3 is 2.85 bits per heavy atom. The lowest BCUT2D eigenvalue weighted by molar-refractivity contribution is 1.04. The van der Waals surface area contributed by atoms with Crippen molar-refractivity contribution in [2.75, 3.05) is 12.5 Å². The average Bonchev–Trinajstić information content (AvgIpc) is 2.14. The molecule has 1 rings (SSSR count). The summed E-state index contributed by atoms with van der Waals surface area (Å²) in [6.07, 6.45) is 0. The maximum absolute atomic E-state index is 5.78. The van der Waals surface area contributed by atoms with Gasteiger partial charge in [-0.15, -0.1) is 0 Å². The Balaban J connectivity index is 2.50. The first-order valence-electron chi connectivity index (χ1n) is 3.71. The lowest BCUT2D eigenvalue weighted by Gasteiger charge is -2.09. The zero-order valence-electron chi connectivity index (χ0n) is 7.10. The van der Waals surface area contributed by atoms with Gasteiger partial charge in [0.2, 0.25) is 0 Å². The number of anilines is 1. The molecule has 0 aliphatic rings. The minimum atomic E-state index is 0.528. The van der Waals surface area contributed by atoms with Crippen LogP contribution < -0.4 is 16.2 Å². The van der Waals surface area contributed by atoms with Crippen LogP contribution in [-0.4, -0.2) is 12.2 Å². The van der Waals surface area contributed by atoms with Crippen LogP contribution in [0.3, 0.4) is 0 Å². The van der Waals surface area contributed by atoms with E-state index in [0.717, 1.165) is 5.69 Å². The quantitative estimate of drug-likeness (QED) is 0.519. The van der Waals surface area contributed by atoms with Crippen LogP contribution in [0.2, 0.25) is 5.02 Å². The van der Waals surface area contributed by atoms with Crippen LogP contribution in [0, 0.1) is 0 Å². The van der Waals surface area contributed by atoms with Gasteiger partial charge in [-0.25, -0.2) is 0 Å². The van der Waals surface area contributed by atoms with E-state index in [1.165, 1.54) is 0 Å². The average molecular weight is 216 g/mol. The number of hydrazine groups is 1. The van der Waals surface area contributed by atoms with Gasteiger partial charge in [0.25, 0.3) is 0 Å². The minimum Gasteiger partial charge on any atom is -0.364 e.